The average molecular weight is 308 g/mol. The molecular formula is C12H22ClN3O2S. The van der Waals surface area contributed by atoms with Gasteiger partial charge in [0.15, 0.2) is 0 Å². The van der Waals surface area contributed by atoms with Crippen LogP contribution in [0.5, 0.6) is 0 Å². The molecule has 0 aliphatic carbocycles. The van der Waals surface area contributed by atoms with Crippen LogP contribution >= 0.6 is 24.2 Å². The van der Waals surface area contributed by atoms with E-state index < -0.39 is 0 Å². The van der Waals surface area contributed by atoms with Crippen molar-refractivity contribution in [2.45, 2.75) is 25.8 Å². The maximum Gasteiger partial charge on any atom is 0.240 e. The van der Waals surface area contributed by atoms with E-state index in [9.17, 15) is 9.59 Å². The van der Waals surface area contributed by atoms with Crippen molar-refractivity contribution >= 4 is 36.0 Å². The minimum atomic E-state index is 0. The molecule has 5 nitrogen and oxygen atoms in total. The largest absolute Gasteiger partial charge is 0.356 e. The quantitative estimate of drug-likeness (QED) is 0.794. The van der Waals surface area contributed by atoms with Gasteiger partial charge in [0.05, 0.1) is 6.04 Å². The minimum absolute atomic E-state index is 0. The van der Waals surface area contributed by atoms with Crippen molar-refractivity contribution in [1.29, 1.82) is 0 Å². The van der Waals surface area contributed by atoms with Crippen LogP contribution in [0.1, 0.15) is 19.8 Å². The molecule has 1 unspecified atom stereocenters. The molecular weight excluding hydrogens is 286 g/mol. The van der Waals surface area contributed by atoms with Gasteiger partial charge in [0.2, 0.25) is 11.8 Å². The SMILES string of the molecule is CC(=O)NCC1CCN(C(=O)C2CSCN2)CC1.Cl. The lowest BCUT2D eigenvalue weighted by molar-refractivity contribution is -0.134. The van der Waals surface area contributed by atoms with Crippen LogP contribution in [-0.4, -0.2) is 54.0 Å². The Kier molecular flexibility index (Phi) is 6.96. The van der Waals surface area contributed by atoms with Gasteiger partial charge in [-0.3, -0.25) is 14.9 Å². The number of carbonyl (C=O) groups excluding carboxylic acids is 2. The number of amides is 2. The summed E-state index contributed by atoms with van der Waals surface area (Å²) in [5.74, 6) is 2.57. The predicted octanol–water partition coefficient (Wildman–Crippen LogP) is 0.445. The van der Waals surface area contributed by atoms with Crippen LogP contribution in [0.15, 0.2) is 0 Å². The Hall–Kier alpha value is -0.460. The van der Waals surface area contributed by atoms with E-state index in [1.807, 2.05) is 4.90 Å². The number of nitrogens with one attached hydrogen (secondary N) is 2. The van der Waals surface area contributed by atoms with Gasteiger partial charge in [-0.2, -0.15) is 0 Å². The smallest absolute Gasteiger partial charge is 0.240 e. The third-order valence-corrected chi connectivity index (χ3v) is 4.52. The first-order valence-corrected chi connectivity index (χ1v) is 7.66. The summed E-state index contributed by atoms with van der Waals surface area (Å²) in [6.07, 6.45) is 1.98. The topological polar surface area (TPSA) is 61.4 Å². The van der Waals surface area contributed by atoms with Gasteiger partial charge in [0, 0.05) is 38.2 Å². The number of halogens is 1. The van der Waals surface area contributed by atoms with Crippen molar-refractivity contribution in [3.8, 4) is 0 Å². The summed E-state index contributed by atoms with van der Waals surface area (Å²) in [5.41, 5.74) is 0. The molecule has 2 heterocycles. The molecule has 2 saturated heterocycles. The van der Waals surface area contributed by atoms with Crippen molar-refractivity contribution < 1.29 is 9.59 Å². The van der Waals surface area contributed by atoms with Crippen LogP contribution in [0.2, 0.25) is 0 Å². The second-order valence-corrected chi connectivity index (χ2v) is 6.01. The van der Waals surface area contributed by atoms with Crippen molar-refractivity contribution in [2.75, 3.05) is 31.3 Å². The lowest BCUT2D eigenvalue weighted by atomic mass is 9.96. The molecule has 0 radical (unpaired) electrons. The zero-order chi connectivity index (χ0) is 13.0. The van der Waals surface area contributed by atoms with Gasteiger partial charge >= 0.3 is 0 Å². The van der Waals surface area contributed by atoms with Gasteiger partial charge < -0.3 is 10.2 Å². The summed E-state index contributed by atoms with van der Waals surface area (Å²) >= 11 is 1.78. The highest BCUT2D eigenvalue weighted by Gasteiger charge is 2.29. The molecule has 0 aromatic carbocycles. The molecule has 0 saturated carbocycles. The van der Waals surface area contributed by atoms with Crippen molar-refractivity contribution in [1.82, 2.24) is 15.5 Å². The number of thioether (sulfide) groups is 1. The Morgan fingerprint density at radius 3 is 2.58 bits per heavy atom. The van der Waals surface area contributed by atoms with Crippen LogP contribution in [0.25, 0.3) is 0 Å². The Morgan fingerprint density at radius 1 is 1.37 bits per heavy atom. The Balaban J connectivity index is 0.00000180. The van der Waals surface area contributed by atoms with Crippen LogP contribution in [-0.2, 0) is 9.59 Å². The molecule has 7 heteroatoms. The number of carbonyl (C=O) groups is 2. The first-order valence-electron chi connectivity index (χ1n) is 6.51. The molecule has 110 valence electrons. The van der Waals surface area contributed by atoms with Crippen LogP contribution in [0.3, 0.4) is 0 Å². The molecule has 0 spiro atoms. The third kappa shape index (κ3) is 4.85. The van der Waals surface area contributed by atoms with Gasteiger partial charge in [-0.15, -0.1) is 24.2 Å². The molecule has 1 atom stereocenters. The number of piperidine rings is 1. The minimum Gasteiger partial charge on any atom is -0.356 e. The molecule has 0 aromatic heterocycles. The summed E-state index contributed by atoms with van der Waals surface area (Å²) in [4.78, 5) is 25.0. The Labute approximate surface area is 124 Å². The standard InChI is InChI=1S/C12H21N3O2S.ClH/c1-9(16)13-6-10-2-4-15(5-3-10)12(17)11-7-18-8-14-11;/h10-11,14H,2-8H2,1H3,(H,13,16);1H. The van der Waals surface area contributed by atoms with E-state index in [0.717, 1.165) is 44.1 Å². The fourth-order valence-corrected chi connectivity index (χ4v) is 3.35. The molecule has 0 aromatic rings. The van der Waals surface area contributed by atoms with Crippen molar-refractivity contribution in [3.63, 3.8) is 0 Å². The first-order chi connectivity index (χ1) is 8.66. The molecule has 2 fully saturated rings. The average Bonchev–Trinajstić information content (AvgIpc) is 2.90. The van der Waals surface area contributed by atoms with Gasteiger partial charge in [-0.05, 0) is 18.8 Å². The molecule has 19 heavy (non-hydrogen) atoms. The van der Waals surface area contributed by atoms with E-state index in [0.29, 0.717) is 5.92 Å². The highest BCUT2D eigenvalue weighted by Crippen LogP contribution is 2.19. The normalized spacial score (nSPS) is 23.8. The number of rotatable bonds is 3. The van der Waals surface area contributed by atoms with Gasteiger partial charge in [-0.1, -0.05) is 0 Å². The number of likely N-dealkylation sites (tertiary alicyclic amines) is 1. The van der Waals surface area contributed by atoms with Gasteiger partial charge in [-0.25, -0.2) is 0 Å². The third-order valence-electron chi connectivity index (χ3n) is 3.58. The number of hydrogen-bond acceptors (Lipinski definition) is 4. The summed E-state index contributed by atoms with van der Waals surface area (Å²) in [7, 11) is 0. The number of hydrogen-bond donors (Lipinski definition) is 2. The fraction of sp³-hybridized carbons (Fsp3) is 0.833. The fourth-order valence-electron chi connectivity index (χ4n) is 2.42. The number of nitrogens with zero attached hydrogens (tertiary/aromatic N) is 1. The molecule has 2 aliphatic rings. The van der Waals surface area contributed by atoms with E-state index in [1.165, 1.54) is 0 Å². The van der Waals surface area contributed by atoms with Gasteiger partial charge in [0.25, 0.3) is 0 Å². The zero-order valence-corrected chi connectivity index (χ0v) is 12.8. The highest BCUT2D eigenvalue weighted by molar-refractivity contribution is 7.99. The first kappa shape index (κ1) is 16.6. The summed E-state index contributed by atoms with van der Waals surface area (Å²) in [5, 5.41) is 6.08. The Morgan fingerprint density at radius 2 is 2.05 bits per heavy atom. The van der Waals surface area contributed by atoms with E-state index in [2.05, 4.69) is 10.6 Å². The maximum atomic E-state index is 12.2. The van der Waals surface area contributed by atoms with Crippen LogP contribution in [0, 0.1) is 5.92 Å². The second-order valence-electron chi connectivity index (χ2n) is 4.98. The lowest BCUT2D eigenvalue weighted by Crippen LogP contribution is -2.48. The summed E-state index contributed by atoms with van der Waals surface area (Å²) < 4.78 is 0. The molecule has 0 bridgehead atoms. The molecule has 2 N–H and O–H groups in total. The van der Waals surface area contributed by atoms with E-state index >= 15 is 0 Å². The van der Waals surface area contributed by atoms with Crippen molar-refractivity contribution in [3.05, 3.63) is 0 Å². The van der Waals surface area contributed by atoms with Gasteiger partial charge in [0.1, 0.15) is 0 Å². The Bertz CT molecular complexity index is 316. The summed E-state index contributed by atoms with van der Waals surface area (Å²) in [6.45, 7) is 3.94. The predicted molar refractivity (Wildman–Crippen MR) is 79.5 cm³/mol. The summed E-state index contributed by atoms with van der Waals surface area (Å²) in [6, 6.07) is 0.0156. The molecule has 2 rings (SSSR count). The monoisotopic (exact) mass is 307 g/mol. The molecule has 2 aliphatic heterocycles. The van der Waals surface area contributed by atoms with Crippen LogP contribution < -0.4 is 10.6 Å². The maximum absolute atomic E-state index is 12.2. The van der Waals surface area contributed by atoms with Crippen molar-refractivity contribution in [2.24, 2.45) is 5.92 Å². The van der Waals surface area contributed by atoms with E-state index in [-0.39, 0.29) is 30.3 Å². The second kappa shape index (κ2) is 7.97. The highest BCUT2D eigenvalue weighted by atomic mass is 35.5. The van der Waals surface area contributed by atoms with Crippen LogP contribution in [0.4, 0.5) is 0 Å². The van der Waals surface area contributed by atoms with E-state index in [4.69, 9.17) is 0 Å². The lowest BCUT2D eigenvalue weighted by Gasteiger charge is -2.33. The molecule has 2 amide bonds. The zero-order valence-electron chi connectivity index (χ0n) is 11.2. The van der Waals surface area contributed by atoms with E-state index in [1.54, 1.807) is 18.7 Å².